The highest BCUT2D eigenvalue weighted by molar-refractivity contribution is 14.0. The number of benzene rings is 1. The highest BCUT2D eigenvalue weighted by Crippen LogP contribution is 2.24. The quantitative estimate of drug-likeness (QED) is 0.378. The van der Waals surface area contributed by atoms with Gasteiger partial charge in [-0.25, -0.2) is 0 Å². The molecule has 1 heterocycles. The number of rotatable bonds is 7. The molecule has 0 spiro atoms. The third-order valence-electron chi connectivity index (χ3n) is 3.44. The average Bonchev–Trinajstić information content (AvgIpc) is 3.11. The summed E-state index contributed by atoms with van der Waals surface area (Å²) >= 11 is 1.70. The minimum Gasteiger partial charge on any atom is -0.497 e. The summed E-state index contributed by atoms with van der Waals surface area (Å²) < 4.78 is 10.7. The number of hydrogen-bond acceptors (Lipinski definition) is 4. The lowest BCUT2D eigenvalue weighted by Gasteiger charge is -2.13. The van der Waals surface area contributed by atoms with Crippen LogP contribution in [0, 0.1) is 0 Å². The second kappa shape index (κ2) is 11.1. The first-order valence-electron chi connectivity index (χ1n) is 7.43. The Labute approximate surface area is 164 Å². The van der Waals surface area contributed by atoms with Crippen LogP contribution in [-0.4, -0.2) is 33.8 Å². The molecule has 7 heteroatoms. The Balaban J connectivity index is 0.00000288. The van der Waals surface area contributed by atoms with E-state index >= 15 is 0 Å². The highest BCUT2D eigenvalue weighted by Gasteiger charge is 2.06. The molecule has 0 saturated heterocycles. The average molecular weight is 461 g/mol. The number of nitrogens with zero attached hydrogens (tertiary/aromatic N) is 1. The van der Waals surface area contributed by atoms with E-state index in [4.69, 9.17) is 9.47 Å². The van der Waals surface area contributed by atoms with Crippen LogP contribution in [0.5, 0.6) is 11.5 Å². The predicted molar refractivity (Wildman–Crippen MR) is 111 cm³/mol. The van der Waals surface area contributed by atoms with E-state index < -0.39 is 0 Å². The number of guanidine groups is 1. The topological polar surface area (TPSA) is 54.9 Å². The molecule has 1 aromatic heterocycles. The number of methoxy groups -OCH3 is 2. The number of aliphatic imine (C=N–C) groups is 1. The molecule has 0 aliphatic rings. The Morgan fingerprint density at radius 3 is 2.62 bits per heavy atom. The smallest absolute Gasteiger partial charge is 0.191 e. The molecule has 1 aromatic carbocycles. The molecule has 2 rings (SSSR count). The largest absolute Gasteiger partial charge is 0.497 e. The van der Waals surface area contributed by atoms with Gasteiger partial charge >= 0.3 is 0 Å². The Hall–Kier alpha value is -1.48. The summed E-state index contributed by atoms with van der Waals surface area (Å²) in [6.07, 6.45) is 0.819. The molecule has 0 unspecified atom stereocenters. The van der Waals surface area contributed by atoms with Crippen LogP contribution in [0.2, 0.25) is 0 Å². The summed E-state index contributed by atoms with van der Waals surface area (Å²) in [5.41, 5.74) is 2.36. The summed E-state index contributed by atoms with van der Waals surface area (Å²) in [5.74, 6) is 2.49. The third-order valence-corrected chi connectivity index (χ3v) is 4.17. The van der Waals surface area contributed by atoms with Gasteiger partial charge in [0.25, 0.3) is 0 Å². The van der Waals surface area contributed by atoms with E-state index in [-0.39, 0.29) is 24.0 Å². The second-order valence-electron chi connectivity index (χ2n) is 4.91. The van der Waals surface area contributed by atoms with Gasteiger partial charge in [0.05, 0.1) is 14.2 Å². The summed E-state index contributed by atoms with van der Waals surface area (Å²) in [7, 11) is 5.12. The van der Waals surface area contributed by atoms with E-state index in [0.29, 0.717) is 0 Å². The zero-order valence-electron chi connectivity index (χ0n) is 14.2. The lowest BCUT2D eigenvalue weighted by Crippen LogP contribution is -2.37. The molecule has 0 radical (unpaired) electrons. The van der Waals surface area contributed by atoms with E-state index in [1.807, 2.05) is 18.2 Å². The zero-order chi connectivity index (χ0) is 16.5. The molecular weight excluding hydrogens is 437 g/mol. The van der Waals surface area contributed by atoms with Crippen molar-refractivity contribution in [2.45, 2.75) is 13.0 Å². The van der Waals surface area contributed by atoms with Crippen molar-refractivity contribution >= 4 is 41.3 Å². The molecule has 2 aromatic rings. The van der Waals surface area contributed by atoms with Crippen molar-refractivity contribution in [2.24, 2.45) is 4.99 Å². The van der Waals surface area contributed by atoms with Crippen LogP contribution in [0.25, 0.3) is 0 Å². The molecule has 0 aliphatic heterocycles. The normalized spacial score (nSPS) is 10.7. The van der Waals surface area contributed by atoms with E-state index in [1.165, 1.54) is 5.56 Å². The molecular formula is C17H24IN3O2S. The van der Waals surface area contributed by atoms with Crippen LogP contribution in [0.15, 0.2) is 40.0 Å². The fourth-order valence-corrected chi connectivity index (χ4v) is 2.86. The van der Waals surface area contributed by atoms with Gasteiger partial charge in [0, 0.05) is 20.1 Å². The Morgan fingerprint density at radius 1 is 1.17 bits per heavy atom. The third kappa shape index (κ3) is 6.20. The zero-order valence-corrected chi connectivity index (χ0v) is 17.3. The molecule has 0 saturated carbocycles. The molecule has 0 aliphatic carbocycles. The molecule has 24 heavy (non-hydrogen) atoms. The van der Waals surface area contributed by atoms with E-state index in [2.05, 4.69) is 32.5 Å². The van der Waals surface area contributed by atoms with Gasteiger partial charge in [-0.3, -0.25) is 4.99 Å². The van der Waals surface area contributed by atoms with Crippen molar-refractivity contribution in [2.75, 3.05) is 27.8 Å². The number of hydrogen-bond donors (Lipinski definition) is 2. The molecule has 2 N–H and O–H groups in total. The van der Waals surface area contributed by atoms with Gasteiger partial charge in [-0.1, -0.05) is 0 Å². The van der Waals surface area contributed by atoms with Crippen molar-refractivity contribution in [1.82, 2.24) is 10.6 Å². The standard InChI is InChI=1S/C17H23N3O2S.HI/c1-18-17(20-11-13-7-9-23-12-13)19-8-6-14-10-15(21-2)4-5-16(14)22-3;/h4-5,7,9-10,12H,6,8,11H2,1-3H3,(H2,18,19,20);1H. The Kier molecular flexibility index (Phi) is 9.55. The van der Waals surface area contributed by atoms with Crippen LogP contribution >= 0.6 is 35.3 Å². The highest BCUT2D eigenvalue weighted by atomic mass is 127. The number of ether oxygens (including phenoxy) is 2. The summed E-state index contributed by atoms with van der Waals surface area (Å²) in [4.78, 5) is 4.24. The minimum atomic E-state index is 0. The van der Waals surface area contributed by atoms with Crippen molar-refractivity contribution in [3.8, 4) is 11.5 Å². The number of halogens is 1. The Morgan fingerprint density at radius 2 is 2.00 bits per heavy atom. The van der Waals surface area contributed by atoms with Gasteiger partial charge in [0.15, 0.2) is 5.96 Å². The van der Waals surface area contributed by atoms with E-state index in [9.17, 15) is 0 Å². The van der Waals surface area contributed by atoms with E-state index in [0.717, 1.165) is 42.5 Å². The maximum atomic E-state index is 5.40. The van der Waals surface area contributed by atoms with Crippen LogP contribution < -0.4 is 20.1 Å². The first-order chi connectivity index (χ1) is 11.3. The van der Waals surface area contributed by atoms with E-state index in [1.54, 1.807) is 32.6 Å². The fraction of sp³-hybridized carbons (Fsp3) is 0.353. The van der Waals surface area contributed by atoms with Gasteiger partial charge in [0.2, 0.25) is 0 Å². The number of thiophene rings is 1. The number of nitrogens with one attached hydrogen (secondary N) is 2. The van der Waals surface area contributed by atoms with Gasteiger partial charge in [0.1, 0.15) is 11.5 Å². The first kappa shape index (κ1) is 20.6. The minimum absolute atomic E-state index is 0. The van der Waals surface area contributed by atoms with Gasteiger partial charge in [-0.2, -0.15) is 11.3 Å². The monoisotopic (exact) mass is 461 g/mol. The molecule has 132 valence electrons. The second-order valence-corrected chi connectivity index (χ2v) is 5.69. The molecule has 0 bridgehead atoms. The van der Waals surface area contributed by atoms with Gasteiger partial charge in [-0.05, 0) is 52.6 Å². The fourth-order valence-electron chi connectivity index (χ4n) is 2.19. The lowest BCUT2D eigenvalue weighted by molar-refractivity contribution is 0.398. The van der Waals surface area contributed by atoms with Gasteiger partial charge < -0.3 is 20.1 Å². The van der Waals surface area contributed by atoms with Crippen LogP contribution in [0.3, 0.4) is 0 Å². The van der Waals surface area contributed by atoms with Crippen LogP contribution in [0.4, 0.5) is 0 Å². The Bertz CT molecular complexity index is 633. The van der Waals surface area contributed by atoms with Gasteiger partial charge in [-0.15, -0.1) is 24.0 Å². The molecule has 0 atom stereocenters. The predicted octanol–water partition coefficient (Wildman–Crippen LogP) is 3.29. The maximum absolute atomic E-state index is 5.40. The van der Waals surface area contributed by atoms with Crippen LogP contribution in [0.1, 0.15) is 11.1 Å². The molecule has 0 fully saturated rings. The van der Waals surface area contributed by atoms with Crippen molar-refractivity contribution < 1.29 is 9.47 Å². The SMILES string of the molecule is CN=C(NCCc1cc(OC)ccc1OC)NCc1ccsc1.I. The summed E-state index contributed by atoms with van der Waals surface area (Å²) in [6.45, 7) is 1.53. The molecule has 0 amide bonds. The van der Waals surface area contributed by atoms with Crippen LogP contribution in [-0.2, 0) is 13.0 Å². The summed E-state index contributed by atoms with van der Waals surface area (Å²) in [6, 6.07) is 7.93. The maximum Gasteiger partial charge on any atom is 0.191 e. The van der Waals surface area contributed by atoms with Crippen molar-refractivity contribution in [1.29, 1.82) is 0 Å². The molecule has 5 nitrogen and oxygen atoms in total. The summed E-state index contributed by atoms with van der Waals surface area (Å²) in [5, 5.41) is 10.8. The lowest BCUT2D eigenvalue weighted by atomic mass is 10.1. The van der Waals surface area contributed by atoms with Crippen molar-refractivity contribution in [3.05, 3.63) is 46.2 Å². The van der Waals surface area contributed by atoms with Crippen molar-refractivity contribution in [3.63, 3.8) is 0 Å². The first-order valence-corrected chi connectivity index (χ1v) is 8.37.